The molecule has 1 saturated heterocycles. The molecule has 2 aliphatic rings. The molecule has 0 radical (unpaired) electrons. The molecule has 0 amide bonds. The topological polar surface area (TPSA) is 67.4 Å². The number of hydrogen-bond donors (Lipinski definition) is 2. The third-order valence-corrected chi connectivity index (χ3v) is 6.14. The lowest BCUT2D eigenvalue weighted by Crippen LogP contribution is -2.43. The van der Waals surface area contributed by atoms with Crippen molar-refractivity contribution < 1.29 is 14.2 Å². The molecule has 32 heavy (non-hydrogen) atoms. The summed E-state index contributed by atoms with van der Waals surface area (Å²) in [6, 6.07) is 14.8. The summed E-state index contributed by atoms with van der Waals surface area (Å²) >= 11 is 0. The number of rotatable bonds is 7. The Morgan fingerprint density at radius 3 is 2.53 bits per heavy atom. The Hall–Kier alpha value is -2.77. The molecule has 1 fully saturated rings. The molecule has 172 valence electrons. The molecule has 2 aromatic rings. The molecular weight excluding hydrogens is 404 g/mol. The van der Waals surface area contributed by atoms with Gasteiger partial charge in [0.05, 0.1) is 13.2 Å². The van der Waals surface area contributed by atoms with Crippen LogP contribution in [0.15, 0.2) is 47.5 Å². The van der Waals surface area contributed by atoms with Gasteiger partial charge in [0.1, 0.15) is 0 Å². The Morgan fingerprint density at radius 1 is 1.00 bits per heavy atom. The molecule has 0 atom stereocenters. The van der Waals surface area contributed by atoms with Crippen LogP contribution in [0.5, 0.6) is 11.5 Å². The van der Waals surface area contributed by atoms with Gasteiger partial charge in [0.2, 0.25) is 6.79 Å². The fraction of sp³-hybridized carbons (Fsp3) is 0.480. The number of nitrogens with zero attached hydrogens (tertiary/aromatic N) is 2. The van der Waals surface area contributed by atoms with E-state index < -0.39 is 0 Å². The standard InChI is InChI=1S/C25H34N4O3/c1-25(2,21-8-9-22-23(14-21)32-18-31-22)17-28-24(26-3)27-15-19-6-4-5-7-20(19)16-29-10-12-30-13-11-29/h4-9,14H,10-13,15-18H2,1-3H3,(H2,26,27,28). The number of aliphatic imine (C=N–C) groups is 1. The summed E-state index contributed by atoms with van der Waals surface area (Å²) in [6.07, 6.45) is 0. The lowest BCUT2D eigenvalue weighted by atomic mass is 9.84. The molecular formula is C25H34N4O3. The highest BCUT2D eigenvalue weighted by Gasteiger charge is 2.24. The quantitative estimate of drug-likeness (QED) is 0.512. The highest BCUT2D eigenvalue weighted by molar-refractivity contribution is 5.79. The number of morpholine rings is 1. The maximum atomic E-state index is 5.55. The van der Waals surface area contributed by atoms with Crippen LogP contribution in [0.25, 0.3) is 0 Å². The average molecular weight is 439 g/mol. The highest BCUT2D eigenvalue weighted by atomic mass is 16.7. The predicted molar refractivity (Wildman–Crippen MR) is 126 cm³/mol. The van der Waals surface area contributed by atoms with Crippen molar-refractivity contribution in [1.29, 1.82) is 0 Å². The largest absolute Gasteiger partial charge is 0.454 e. The zero-order valence-electron chi connectivity index (χ0n) is 19.3. The zero-order chi connectivity index (χ0) is 22.4. The molecule has 0 aromatic heterocycles. The first-order chi connectivity index (χ1) is 15.5. The number of hydrogen-bond acceptors (Lipinski definition) is 5. The second kappa shape index (κ2) is 10.2. The van der Waals surface area contributed by atoms with Crippen LogP contribution in [-0.2, 0) is 23.2 Å². The summed E-state index contributed by atoms with van der Waals surface area (Å²) in [5.41, 5.74) is 3.72. The van der Waals surface area contributed by atoms with Crippen LogP contribution in [0.3, 0.4) is 0 Å². The first kappa shape index (κ1) is 22.4. The molecule has 4 rings (SSSR count). The van der Waals surface area contributed by atoms with E-state index in [9.17, 15) is 0 Å². The van der Waals surface area contributed by atoms with Crippen molar-refractivity contribution in [3.8, 4) is 11.5 Å². The van der Waals surface area contributed by atoms with Gasteiger partial charge < -0.3 is 24.8 Å². The second-order valence-corrected chi connectivity index (χ2v) is 8.89. The number of guanidine groups is 1. The van der Waals surface area contributed by atoms with Crippen molar-refractivity contribution in [2.24, 2.45) is 4.99 Å². The van der Waals surface area contributed by atoms with Gasteiger partial charge in [-0.3, -0.25) is 9.89 Å². The van der Waals surface area contributed by atoms with Crippen LogP contribution in [0.1, 0.15) is 30.5 Å². The lowest BCUT2D eigenvalue weighted by molar-refractivity contribution is 0.0341. The number of benzene rings is 2. The summed E-state index contributed by atoms with van der Waals surface area (Å²) in [7, 11) is 1.81. The van der Waals surface area contributed by atoms with Gasteiger partial charge in [0.25, 0.3) is 0 Å². The van der Waals surface area contributed by atoms with Crippen LogP contribution in [0.2, 0.25) is 0 Å². The van der Waals surface area contributed by atoms with Gasteiger partial charge in [0, 0.05) is 45.2 Å². The van der Waals surface area contributed by atoms with Crippen LogP contribution < -0.4 is 20.1 Å². The molecule has 2 aliphatic heterocycles. The average Bonchev–Trinajstić information content (AvgIpc) is 3.29. The molecule has 0 aliphatic carbocycles. The van der Waals surface area contributed by atoms with Crippen LogP contribution in [0, 0.1) is 0 Å². The first-order valence-corrected chi connectivity index (χ1v) is 11.3. The number of ether oxygens (including phenoxy) is 3. The van der Waals surface area contributed by atoms with Crippen LogP contribution >= 0.6 is 0 Å². The molecule has 7 nitrogen and oxygen atoms in total. The van der Waals surface area contributed by atoms with Gasteiger partial charge >= 0.3 is 0 Å². The van der Waals surface area contributed by atoms with E-state index in [0.717, 1.165) is 63.4 Å². The summed E-state index contributed by atoms with van der Waals surface area (Å²) in [5.74, 6) is 2.42. The third-order valence-electron chi connectivity index (χ3n) is 6.14. The van der Waals surface area contributed by atoms with Gasteiger partial charge in [-0.05, 0) is 28.8 Å². The Morgan fingerprint density at radius 2 is 1.75 bits per heavy atom. The van der Waals surface area contributed by atoms with Crippen molar-refractivity contribution in [3.05, 3.63) is 59.2 Å². The number of fused-ring (bicyclic) bond motifs is 1. The fourth-order valence-corrected chi connectivity index (χ4v) is 4.01. The molecule has 0 spiro atoms. The molecule has 2 N–H and O–H groups in total. The van der Waals surface area contributed by atoms with Gasteiger partial charge in [-0.1, -0.05) is 44.2 Å². The van der Waals surface area contributed by atoms with E-state index in [2.05, 4.69) is 70.8 Å². The highest BCUT2D eigenvalue weighted by Crippen LogP contribution is 2.36. The van der Waals surface area contributed by atoms with E-state index in [-0.39, 0.29) is 5.41 Å². The molecule has 0 bridgehead atoms. The number of nitrogens with one attached hydrogen (secondary N) is 2. The fourth-order valence-electron chi connectivity index (χ4n) is 4.01. The molecule has 2 heterocycles. The normalized spacial score (nSPS) is 16.8. The van der Waals surface area contributed by atoms with E-state index in [1.54, 1.807) is 0 Å². The van der Waals surface area contributed by atoms with Gasteiger partial charge in [-0.25, -0.2) is 0 Å². The third kappa shape index (κ3) is 5.53. The Balaban J connectivity index is 1.33. The Labute approximate surface area is 190 Å². The van der Waals surface area contributed by atoms with Crippen LogP contribution in [0.4, 0.5) is 0 Å². The zero-order valence-corrected chi connectivity index (χ0v) is 19.3. The van der Waals surface area contributed by atoms with Gasteiger partial charge in [0.15, 0.2) is 17.5 Å². The van der Waals surface area contributed by atoms with Gasteiger partial charge in [-0.2, -0.15) is 0 Å². The summed E-state index contributed by atoms with van der Waals surface area (Å²) in [5, 5.41) is 6.97. The Kier molecular flexibility index (Phi) is 7.17. The monoisotopic (exact) mass is 438 g/mol. The van der Waals surface area contributed by atoms with E-state index in [1.807, 2.05) is 13.1 Å². The van der Waals surface area contributed by atoms with Crippen molar-refractivity contribution in [3.63, 3.8) is 0 Å². The van der Waals surface area contributed by atoms with E-state index in [4.69, 9.17) is 14.2 Å². The SMILES string of the molecule is CN=C(NCc1ccccc1CN1CCOCC1)NCC(C)(C)c1ccc2c(c1)OCO2. The summed E-state index contributed by atoms with van der Waals surface area (Å²) < 4.78 is 16.5. The molecule has 0 saturated carbocycles. The van der Waals surface area contributed by atoms with Gasteiger partial charge in [-0.15, -0.1) is 0 Å². The maximum absolute atomic E-state index is 5.55. The first-order valence-electron chi connectivity index (χ1n) is 11.3. The summed E-state index contributed by atoms with van der Waals surface area (Å²) in [6.45, 7) is 10.7. The van der Waals surface area contributed by atoms with Crippen molar-refractivity contribution in [1.82, 2.24) is 15.5 Å². The van der Waals surface area contributed by atoms with E-state index in [1.165, 1.54) is 16.7 Å². The Bertz CT molecular complexity index is 939. The van der Waals surface area contributed by atoms with Crippen molar-refractivity contribution in [2.75, 3.05) is 46.7 Å². The minimum atomic E-state index is -0.104. The minimum Gasteiger partial charge on any atom is -0.454 e. The summed E-state index contributed by atoms with van der Waals surface area (Å²) in [4.78, 5) is 6.87. The van der Waals surface area contributed by atoms with E-state index >= 15 is 0 Å². The van der Waals surface area contributed by atoms with E-state index in [0.29, 0.717) is 6.79 Å². The predicted octanol–water partition coefficient (Wildman–Crippen LogP) is 2.89. The smallest absolute Gasteiger partial charge is 0.231 e. The lowest BCUT2D eigenvalue weighted by Gasteiger charge is -2.28. The van der Waals surface area contributed by atoms with Crippen LogP contribution in [-0.4, -0.2) is 57.5 Å². The maximum Gasteiger partial charge on any atom is 0.231 e. The minimum absolute atomic E-state index is 0.104. The van der Waals surface area contributed by atoms with Crippen molar-refractivity contribution >= 4 is 5.96 Å². The molecule has 0 unspecified atom stereocenters. The second-order valence-electron chi connectivity index (χ2n) is 8.89. The van der Waals surface area contributed by atoms with Crippen molar-refractivity contribution in [2.45, 2.75) is 32.4 Å². The molecule has 2 aromatic carbocycles. The molecule has 7 heteroatoms.